The van der Waals surface area contributed by atoms with Gasteiger partial charge in [0.05, 0.1) is 23.6 Å². The number of amides is 1. The molecule has 1 saturated carbocycles. The van der Waals surface area contributed by atoms with Gasteiger partial charge in [-0.2, -0.15) is 5.26 Å². The van der Waals surface area contributed by atoms with E-state index in [1.807, 2.05) is 35.2 Å². The summed E-state index contributed by atoms with van der Waals surface area (Å²) in [5, 5.41) is 9.71. The Morgan fingerprint density at radius 1 is 1.35 bits per heavy atom. The predicted molar refractivity (Wildman–Crippen MR) is 76.0 cm³/mol. The molecule has 3 rings (SSSR count). The Morgan fingerprint density at radius 2 is 2.15 bits per heavy atom. The summed E-state index contributed by atoms with van der Waals surface area (Å²) in [7, 11) is 0. The zero-order valence-corrected chi connectivity index (χ0v) is 11.1. The van der Waals surface area contributed by atoms with Crippen molar-refractivity contribution in [1.29, 1.82) is 5.26 Å². The van der Waals surface area contributed by atoms with Gasteiger partial charge >= 0.3 is 0 Å². The van der Waals surface area contributed by atoms with Gasteiger partial charge in [0.2, 0.25) is 0 Å². The summed E-state index contributed by atoms with van der Waals surface area (Å²) in [4.78, 5) is 18.9. The molecule has 1 aliphatic rings. The monoisotopic (exact) mass is 265 g/mol. The normalized spacial score (nSPS) is 13.9. The summed E-state index contributed by atoms with van der Waals surface area (Å²) in [6, 6.07) is 11.9. The van der Waals surface area contributed by atoms with Crippen LogP contribution in [0.1, 0.15) is 29.6 Å². The predicted octanol–water partition coefficient (Wildman–Crippen LogP) is 2.75. The molecule has 0 saturated heterocycles. The van der Waals surface area contributed by atoms with Gasteiger partial charge in [0.25, 0.3) is 5.91 Å². The van der Waals surface area contributed by atoms with Crippen LogP contribution in [0.4, 0.5) is 0 Å². The standard InChI is InChI=1S/C16H15N3O/c17-9-3-11-19(13-7-8-13)16(20)14-6-1-4-12-5-2-10-18-15(12)14/h1-2,4-6,10,13H,3,7-8,11H2. The minimum Gasteiger partial charge on any atom is -0.335 e. The summed E-state index contributed by atoms with van der Waals surface area (Å²) >= 11 is 0. The van der Waals surface area contributed by atoms with E-state index in [2.05, 4.69) is 11.1 Å². The van der Waals surface area contributed by atoms with Crippen LogP contribution >= 0.6 is 0 Å². The number of nitriles is 1. The fourth-order valence-corrected chi connectivity index (χ4v) is 2.44. The molecule has 2 aromatic rings. The number of rotatable bonds is 4. The van der Waals surface area contributed by atoms with Gasteiger partial charge in [-0.3, -0.25) is 9.78 Å². The quantitative estimate of drug-likeness (QED) is 0.854. The lowest BCUT2D eigenvalue weighted by atomic mass is 10.1. The maximum absolute atomic E-state index is 12.7. The number of carbonyl (C=O) groups excluding carboxylic acids is 1. The highest BCUT2D eigenvalue weighted by Gasteiger charge is 2.33. The van der Waals surface area contributed by atoms with Gasteiger partial charge < -0.3 is 4.90 Å². The second-order valence-electron chi connectivity index (χ2n) is 5.02. The molecule has 1 aliphatic carbocycles. The first-order chi connectivity index (χ1) is 9.81. The number of nitrogens with zero attached hydrogens (tertiary/aromatic N) is 3. The molecule has 0 aliphatic heterocycles. The van der Waals surface area contributed by atoms with Crippen LogP contribution in [0.25, 0.3) is 10.9 Å². The first-order valence-electron chi connectivity index (χ1n) is 6.83. The van der Waals surface area contributed by atoms with Crippen molar-refractivity contribution < 1.29 is 4.79 Å². The maximum atomic E-state index is 12.7. The third kappa shape index (κ3) is 2.35. The Balaban J connectivity index is 1.96. The van der Waals surface area contributed by atoms with Crippen molar-refractivity contribution in [2.24, 2.45) is 0 Å². The summed E-state index contributed by atoms with van der Waals surface area (Å²) in [6.07, 6.45) is 4.15. The molecular weight excluding hydrogens is 250 g/mol. The van der Waals surface area contributed by atoms with Crippen molar-refractivity contribution in [3.05, 3.63) is 42.1 Å². The van der Waals surface area contributed by atoms with Crippen molar-refractivity contribution in [1.82, 2.24) is 9.88 Å². The highest BCUT2D eigenvalue weighted by Crippen LogP contribution is 2.29. The van der Waals surface area contributed by atoms with Crippen LogP contribution in [-0.4, -0.2) is 28.4 Å². The third-order valence-electron chi connectivity index (χ3n) is 3.58. The number of fused-ring (bicyclic) bond motifs is 1. The molecule has 1 aromatic heterocycles. The fourth-order valence-electron chi connectivity index (χ4n) is 2.44. The Kier molecular flexibility index (Phi) is 3.34. The second-order valence-corrected chi connectivity index (χ2v) is 5.02. The Bertz CT molecular complexity index is 680. The summed E-state index contributed by atoms with van der Waals surface area (Å²) in [6.45, 7) is 0.503. The molecular formula is C16H15N3O. The number of carbonyl (C=O) groups is 1. The van der Waals surface area contributed by atoms with Gasteiger partial charge in [-0.1, -0.05) is 18.2 Å². The number of pyridine rings is 1. The molecule has 0 bridgehead atoms. The van der Waals surface area contributed by atoms with Crippen LogP contribution in [0, 0.1) is 11.3 Å². The smallest absolute Gasteiger partial charge is 0.256 e. The lowest BCUT2D eigenvalue weighted by Crippen LogP contribution is -2.34. The zero-order valence-electron chi connectivity index (χ0n) is 11.1. The molecule has 0 N–H and O–H groups in total. The highest BCUT2D eigenvalue weighted by molar-refractivity contribution is 6.05. The van der Waals surface area contributed by atoms with Crippen molar-refractivity contribution in [2.45, 2.75) is 25.3 Å². The molecule has 100 valence electrons. The van der Waals surface area contributed by atoms with Gasteiger partial charge in [-0.05, 0) is 25.0 Å². The molecule has 1 amide bonds. The van der Waals surface area contributed by atoms with Crippen LogP contribution in [0.2, 0.25) is 0 Å². The Labute approximate surface area is 117 Å². The summed E-state index contributed by atoms with van der Waals surface area (Å²) in [5.41, 5.74) is 1.37. The van der Waals surface area contributed by atoms with E-state index in [4.69, 9.17) is 5.26 Å². The van der Waals surface area contributed by atoms with Gasteiger partial charge in [0.15, 0.2) is 0 Å². The lowest BCUT2D eigenvalue weighted by molar-refractivity contribution is 0.0748. The molecule has 4 heteroatoms. The van der Waals surface area contributed by atoms with E-state index in [0.717, 1.165) is 23.7 Å². The summed E-state index contributed by atoms with van der Waals surface area (Å²) < 4.78 is 0. The molecule has 1 fully saturated rings. The molecule has 0 radical (unpaired) electrons. The molecule has 0 unspecified atom stereocenters. The van der Waals surface area contributed by atoms with Gasteiger partial charge in [0, 0.05) is 24.2 Å². The van der Waals surface area contributed by atoms with E-state index in [9.17, 15) is 4.79 Å². The SMILES string of the molecule is N#CCCN(C(=O)c1cccc2cccnc12)C1CC1. The average molecular weight is 265 g/mol. The first kappa shape index (κ1) is 12.6. The molecule has 4 nitrogen and oxygen atoms in total. The van der Waals surface area contributed by atoms with Crippen molar-refractivity contribution in [2.75, 3.05) is 6.54 Å². The van der Waals surface area contributed by atoms with Crippen LogP contribution in [0.15, 0.2) is 36.5 Å². The van der Waals surface area contributed by atoms with E-state index >= 15 is 0 Å². The van der Waals surface area contributed by atoms with E-state index in [0.29, 0.717) is 24.6 Å². The van der Waals surface area contributed by atoms with Gasteiger partial charge in [-0.25, -0.2) is 0 Å². The van der Waals surface area contributed by atoms with Crippen molar-refractivity contribution in [3.63, 3.8) is 0 Å². The number of benzene rings is 1. The topological polar surface area (TPSA) is 57.0 Å². The van der Waals surface area contributed by atoms with Gasteiger partial charge in [-0.15, -0.1) is 0 Å². The van der Waals surface area contributed by atoms with E-state index < -0.39 is 0 Å². The fraction of sp³-hybridized carbons (Fsp3) is 0.312. The number of hydrogen-bond acceptors (Lipinski definition) is 3. The van der Waals surface area contributed by atoms with Crippen LogP contribution < -0.4 is 0 Å². The zero-order chi connectivity index (χ0) is 13.9. The minimum atomic E-state index is -0.00736. The Hall–Kier alpha value is -2.41. The van der Waals surface area contributed by atoms with Gasteiger partial charge in [0.1, 0.15) is 0 Å². The number of para-hydroxylation sites is 1. The minimum absolute atomic E-state index is 0.00736. The lowest BCUT2D eigenvalue weighted by Gasteiger charge is -2.21. The highest BCUT2D eigenvalue weighted by atomic mass is 16.2. The Morgan fingerprint density at radius 3 is 2.90 bits per heavy atom. The van der Waals surface area contributed by atoms with E-state index in [1.54, 1.807) is 6.20 Å². The second kappa shape index (κ2) is 5.30. The number of aromatic nitrogens is 1. The molecule has 1 aromatic carbocycles. The third-order valence-corrected chi connectivity index (χ3v) is 3.58. The van der Waals surface area contributed by atoms with E-state index in [-0.39, 0.29) is 5.91 Å². The van der Waals surface area contributed by atoms with E-state index in [1.165, 1.54) is 0 Å². The maximum Gasteiger partial charge on any atom is 0.256 e. The van der Waals surface area contributed by atoms with Crippen LogP contribution in [0.5, 0.6) is 0 Å². The summed E-state index contributed by atoms with van der Waals surface area (Å²) in [5.74, 6) is -0.00736. The largest absolute Gasteiger partial charge is 0.335 e. The molecule has 0 spiro atoms. The average Bonchev–Trinajstić information content (AvgIpc) is 3.31. The molecule has 0 atom stereocenters. The van der Waals surface area contributed by atoms with Crippen molar-refractivity contribution in [3.8, 4) is 6.07 Å². The molecule has 1 heterocycles. The van der Waals surface area contributed by atoms with Crippen LogP contribution in [0.3, 0.4) is 0 Å². The molecule has 20 heavy (non-hydrogen) atoms. The first-order valence-corrected chi connectivity index (χ1v) is 6.83. The number of hydrogen-bond donors (Lipinski definition) is 0. The van der Waals surface area contributed by atoms with Crippen LogP contribution in [-0.2, 0) is 0 Å². The van der Waals surface area contributed by atoms with Crippen molar-refractivity contribution >= 4 is 16.8 Å².